The molecule has 6 nitrogen and oxygen atoms in total. The monoisotopic (exact) mass is 315 g/mol. The maximum atomic E-state index is 13.0. The first kappa shape index (κ1) is 15.2. The lowest BCUT2D eigenvalue weighted by molar-refractivity contribution is 0.217. The van der Waals surface area contributed by atoms with Gasteiger partial charge in [0.25, 0.3) is 0 Å². The predicted molar refractivity (Wildman–Crippen MR) is 85.3 cm³/mol. The summed E-state index contributed by atoms with van der Waals surface area (Å²) in [7, 11) is 0. The Morgan fingerprint density at radius 2 is 2.13 bits per heavy atom. The Morgan fingerprint density at radius 3 is 2.74 bits per heavy atom. The molecular weight excluding hydrogens is 297 g/mol. The Balaban J connectivity index is 1.61. The molecule has 1 aromatic heterocycles. The van der Waals surface area contributed by atoms with E-state index in [1.165, 1.54) is 12.1 Å². The number of anilines is 1. The van der Waals surface area contributed by atoms with Crippen molar-refractivity contribution in [2.75, 3.05) is 18.4 Å². The summed E-state index contributed by atoms with van der Waals surface area (Å²) in [4.78, 5) is 13.9. The third-order valence-corrected chi connectivity index (χ3v) is 3.81. The van der Waals surface area contributed by atoms with E-state index < -0.39 is 0 Å². The zero-order valence-corrected chi connectivity index (χ0v) is 12.9. The van der Waals surface area contributed by atoms with Crippen molar-refractivity contribution in [3.8, 4) is 0 Å². The van der Waals surface area contributed by atoms with Crippen LogP contribution in [0.1, 0.15) is 18.9 Å². The number of carbonyl (C=O) groups excluding carboxylic acids is 1. The molecule has 0 saturated carbocycles. The minimum atomic E-state index is -0.244. The number of aryl methyl sites for hydroxylation is 1. The molecule has 2 amide bonds. The fraction of sp³-hybridized carbons (Fsp3) is 0.312. The SMILES string of the molecule is CCn1cc(NC(=O)N2CC=C(c3ccc(F)cc3)CC2)nn1. The van der Waals surface area contributed by atoms with E-state index in [-0.39, 0.29) is 11.8 Å². The maximum absolute atomic E-state index is 13.0. The highest BCUT2D eigenvalue weighted by Gasteiger charge is 2.18. The molecule has 1 aromatic carbocycles. The van der Waals surface area contributed by atoms with Crippen LogP contribution < -0.4 is 5.32 Å². The molecule has 23 heavy (non-hydrogen) atoms. The van der Waals surface area contributed by atoms with Crippen molar-refractivity contribution in [1.82, 2.24) is 19.9 Å². The first-order valence-corrected chi connectivity index (χ1v) is 7.56. The van der Waals surface area contributed by atoms with Gasteiger partial charge in [-0.05, 0) is 36.6 Å². The Kier molecular flexibility index (Phi) is 4.36. The lowest BCUT2D eigenvalue weighted by atomic mass is 10.00. The number of nitrogens with zero attached hydrogens (tertiary/aromatic N) is 4. The summed E-state index contributed by atoms with van der Waals surface area (Å²) in [5.74, 6) is 0.205. The van der Waals surface area contributed by atoms with Crippen molar-refractivity contribution < 1.29 is 9.18 Å². The molecular formula is C16H18FN5O. The Morgan fingerprint density at radius 1 is 1.35 bits per heavy atom. The number of urea groups is 1. The van der Waals surface area contributed by atoms with Crippen molar-refractivity contribution in [3.63, 3.8) is 0 Å². The zero-order valence-electron chi connectivity index (χ0n) is 12.9. The minimum Gasteiger partial charge on any atom is -0.320 e. The van der Waals surface area contributed by atoms with Crippen molar-refractivity contribution in [3.05, 3.63) is 47.9 Å². The third-order valence-electron chi connectivity index (χ3n) is 3.81. The van der Waals surface area contributed by atoms with Crippen LogP contribution in [0.5, 0.6) is 0 Å². The molecule has 0 saturated heterocycles. The van der Waals surface area contributed by atoms with Crippen molar-refractivity contribution in [2.24, 2.45) is 0 Å². The van der Waals surface area contributed by atoms with Gasteiger partial charge in [0, 0.05) is 19.6 Å². The van der Waals surface area contributed by atoms with E-state index in [0.717, 1.165) is 17.6 Å². The summed E-state index contributed by atoms with van der Waals surface area (Å²) in [5.41, 5.74) is 2.13. The number of carbonyl (C=O) groups is 1. The molecule has 0 atom stereocenters. The summed E-state index contributed by atoms with van der Waals surface area (Å²) >= 11 is 0. The summed E-state index contributed by atoms with van der Waals surface area (Å²) in [6, 6.07) is 6.24. The molecule has 120 valence electrons. The van der Waals surface area contributed by atoms with Crippen LogP contribution in [0.15, 0.2) is 36.5 Å². The number of amides is 2. The highest BCUT2D eigenvalue weighted by Crippen LogP contribution is 2.22. The number of hydrogen-bond donors (Lipinski definition) is 1. The van der Waals surface area contributed by atoms with Crippen LogP contribution in [0.3, 0.4) is 0 Å². The highest BCUT2D eigenvalue weighted by atomic mass is 19.1. The van der Waals surface area contributed by atoms with Crippen LogP contribution in [0.25, 0.3) is 5.57 Å². The molecule has 1 N–H and O–H groups in total. The molecule has 3 rings (SSSR count). The van der Waals surface area contributed by atoms with E-state index in [9.17, 15) is 9.18 Å². The number of aromatic nitrogens is 3. The summed E-state index contributed by atoms with van der Waals surface area (Å²) < 4.78 is 14.6. The van der Waals surface area contributed by atoms with Gasteiger partial charge in [-0.1, -0.05) is 23.4 Å². The molecule has 7 heteroatoms. The van der Waals surface area contributed by atoms with E-state index in [2.05, 4.69) is 15.6 Å². The van der Waals surface area contributed by atoms with Crippen LogP contribution in [-0.4, -0.2) is 39.0 Å². The molecule has 0 radical (unpaired) electrons. The average molecular weight is 315 g/mol. The maximum Gasteiger partial charge on any atom is 0.323 e. The van der Waals surface area contributed by atoms with E-state index >= 15 is 0 Å². The molecule has 0 spiro atoms. The van der Waals surface area contributed by atoms with Crippen molar-refractivity contribution >= 4 is 17.4 Å². The fourth-order valence-corrected chi connectivity index (χ4v) is 2.48. The molecule has 1 aliphatic heterocycles. The van der Waals surface area contributed by atoms with Crippen LogP contribution in [0, 0.1) is 5.82 Å². The van der Waals surface area contributed by atoms with E-state index in [1.54, 1.807) is 27.9 Å². The molecule has 0 bridgehead atoms. The van der Waals surface area contributed by atoms with Crippen molar-refractivity contribution in [2.45, 2.75) is 19.9 Å². The first-order valence-electron chi connectivity index (χ1n) is 7.56. The number of hydrogen-bond acceptors (Lipinski definition) is 3. The second-order valence-electron chi connectivity index (χ2n) is 5.32. The molecule has 2 heterocycles. The van der Waals surface area contributed by atoms with Crippen molar-refractivity contribution in [1.29, 1.82) is 0 Å². The van der Waals surface area contributed by atoms with Gasteiger partial charge >= 0.3 is 6.03 Å². The lowest BCUT2D eigenvalue weighted by Crippen LogP contribution is -2.38. The van der Waals surface area contributed by atoms with Gasteiger partial charge < -0.3 is 4.90 Å². The molecule has 0 aliphatic carbocycles. The molecule has 1 aliphatic rings. The average Bonchev–Trinajstić information content (AvgIpc) is 3.03. The smallest absolute Gasteiger partial charge is 0.320 e. The molecule has 2 aromatic rings. The quantitative estimate of drug-likeness (QED) is 0.947. The topological polar surface area (TPSA) is 63.1 Å². The molecule has 0 fully saturated rings. The van der Waals surface area contributed by atoms with E-state index in [4.69, 9.17) is 0 Å². The van der Waals surface area contributed by atoms with Gasteiger partial charge in [-0.25, -0.2) is 9.18 Å². The highest BCUT2D eigenvalue weighted by molar-refractivity contribution is 5.88. The zero-order chi connectivity index (χ0) is 16.2. The van der Waals surface area contributed by atoms with Gasteiger partial charge in [0.2, 0.25) is 0 Å². The van der Waals surface area contributed by atoms with Gasteiger partial charge in [0.1, 0.15) is 5.82 Å². The Labute approximate surface area is 133 Å². The van der Waals surface area contributed by atoms with Gasteiger partial charge in [-0.15, -0.1) is 5.10 Å². The largest absolute Gasteiger partial charge is 0.323 e. The molecule has 0 unspecified atom stereocenters. The van der Waals surface area contributed by atoms with Gasteiger partial charge in [-0.2, -0.15) is 0 Å². The van der Waals surface area contributed by atoms with E-state index in [0.29, 0.717) is 25.5 Å². The Bertz CT molecular complexity index is 722. The van der Waals surface area contributed by atoms with Gasteiger partial charge in [-0.3, -0.25) is 10.00 Å². The number of rotatable bonds is 3. The summed E-state index contributed by atoms with van der Waals surface area (Å²) in [6.45, 7) is 3.78. The second kappa shape index (κ2) is 6.60. The van der Waals surface area contributed by atoms with Crippen LogP contribution in [0.4, 0.5) is 15.0 Å². The van der Waals surface area contributed by atoms with E-state index in [1.807, 2.05) is 13.0 Å². The second-order valence-corrected chi connectivity index (χ2v) is 5.32. The first-order chi connectivity index (χ1) is 11.2. The number of halogens is 1. The van der Waals surface area contributed by atoms with Gasteiger partial charge in [0.05, 0.1) is 6.20 Å². The standard InChI is InChI=1S/C16H18FN5O/c1-2-22-11-15(19-20-22)18-16(23)21-9-7-13(8-10-21)12-3-5-14(17)6-4-12/h3-7,11H,2,8-10H2,1H3,(H,18,23). The lowest BCUT2D eigenvalue weighted by Gasteiger charge is -2.26. The predicted octanol–water partition coefficient (Wildman–Crippen LogP) is 2.76. The minimum absolute atomic E-state index is 0.192. The summed E-state index contributed by atoms with van der Waals surface area (Å²) in [5, 5.41) is 10.5. The third kappa shape index (κ3) is 3.56. The summed E-state index contributed by atoms with van der Waals surface area (Å²) in [6.07, 6.45) is 4.43. The Hall–Kier alpha value is -2.70. The van der Waals surface area contributed by atoms with Crippen LogP contribution in [0.2, 0.25) is 0 Å². The van der Waals surface area contributed by atoms with Crippen LogP contribution >= 0.6 is 0 Å². The fourth-order valence-electron chi connectivity index (χ4n) is 2.48. The van der Waals surface area contributed by atoms with Crippen LogP contribution in [-0.2, 0) is 6.54 Å². The number of nitrogens with one attached hydrogen (secondary N) is 1. The normalized spacial score (nSPS) is 14.5. The van der Waals surface area contributed by atoms with Gasteiger partial charge in [0.15, 0.2) is 5.82 Å². The number of benzene rings is 1.